The maximum absolute atomic E-state index is 12.1. The lowest BCUT2D eigenvalue weighted by atomic mass is 10.2. The summed E-state index contributed by atoms with van der Waals surface area (Å²) in [7, 11) is -1.93. The van der Waals surface area contributed by atoms with E-state index in [9.17, 15) is 8.42 Å². The molecule has 0 bridgehead atoms. The second-order valence-electron chi connectivity index (χ2n) is 4.44. The number of sulfonamides is 1. The number of ether oxygens (including phenoxy) is 1. The first kappa shape index (κ1) is 14.8. The van der Waals surface area contributed by atoms with E-state index < -0.39 is 10.0 Å². The van der Waals surface area contributed by atoms with Gasteiger partial charge in [0.2, 0.25) is 10.0 Å². The van der Waals surface area contributed by atoms with Crippen LogP contribution in [0, 0.1) is 0 Å². The van der Waals surface area contributed by atoms with E-state index in [0.29, 0.717) is 16.8 Å². The molecule has 1 aromatic rings. The van der Waals surface area contributed by atoms with Gasteiger partial charge in [0.15, 0.2) is 0 Å². The van der Waals surface area contributed by atoms with Gasteiger partial charge in [-0.15, -0.1) is 0 Å². The second kappa shape index (κ2) is 6.21. The van der Waals surface area contributed by atoms with E-state index in [1.54, 1.807) is 12.1 Å². The molecule has 2 rings (SSSR count). The van der Waals surface area contributed by atoms with Crippen LogP contribution in [0.15, 0.2) is 27.6 Å². The molecule has 1 aliphatic heterocycles. The molecule has 0 radical (unpaired) electrons. The van der Waals surface area contributed by atoms with E-state index in [1.165, 1.54) is 13.2 Å². The molecule has 0 saturated carbocycles. The Labute approximate surface area is 121 Å². The van der Waals surface area contributed by atoms with Crippen molar-refractivity contribution >= 4 is 26.0 Å². The molecule has 0 aromatic heterocycles. The average molecular weight is 349 g/mol. The van der Waals surface area contributed by atoms with Crippen LogP contribution in [0.5, 0.6) is 5.75 Å². The Kier molecular flexibility index (Phi) is 4.83. The number of benzene rings is 1. The summed E-state index contributed by atoms with van der Waals surface area (Å²) in [5.74, 6) is 0.608. The lowest BCUT2D eigenvalue weighted by Gasteiger charge is -2.12. The van der Waals surface area contributed by atoms with Crippen molar-refractivity contribution in [2.24, 2.45) is 0 Å². The fraction of sp³-hybridized carbons (Fsp3) is 0.500. The monoisotopic (exact) mass is 348 g/mol. The van der Waals surface area contributed by atoms with Gasteiger partial charge in [0.1, 0.15) is 5.75 Å². The fourth-order valence-electron chi connectivity index (χ4n) is 2.04. The minimum atomic E-state index is -3.47. The Bertz CT molecular complexity index is 542. The SMILES string of the molecule is COc1ccc(S(=O)(=O)NC[C@H]2CCCN2)cc1Br. The van der Waals surface area contributed by atoms with Crippen LogP contribution in [-0.4, -0.2) is 34.7 Å². The van der Waals surface area contributed by atoms with Gasteiger partial charge < -0.3 is 10.1 Å². The van der Waals surface area contributed by atoms with Gasteiger partial charge in [-0.05, 0) is 53.5 Å². The van der Waals surface area contributed by atoms with Gasteiger partial charge in [-0.2, -0.15) is 0 Å². The summed E-state index contributed by atoms with van der Waals surface area (Å²) in [6.45, 7) is 1.38. The average Bonchev–Trinajstić information content (AvgIpc) is 2.89. The van der Waals surface area contributed by atoms with Gasteiger partial charge in [0.25, 0.3) is 0 Å². The Morgan fingerprint density at radius 2 is 2.32 bits per heavy atom. The Morgan fingerprint density at radius 1 is 1.53 bits per heavy atom. The molecule has 0 unspecified atom stereocenters. The third-order valence-corrected chi connectivity index (χ3v) is 5.16. The van der Waals surface area contributed by atoms with Crippen molar-refractivity contribution in [3.8, 4) is 5.75 Å². The van der Waals surface area contributed by atoms with E-state index in [4.69, 9.17) is 4.74 Å². The first-order valence-corrected chi connectivity index (χ1v) is 8.37. The van der Waals surface area contributed by atoms with Crippen molar-refractivity contribution in [3.63, 3.8) is 0 Å². The number of halogens is 1. The zero-order valence-corrected chi connectivity index (χ0v) is 13.1. The van der Waals surface area contributed by atoms with Crippen LogP contribution < -0.4 is 14.8 Å². The Hall–Kier alpha value is -0.630. The molecule has 1 aliphatic rings. The minimum Gasteiger partial charge on any atom is -0.496 e. The quantitative estimate of drug-likeness (QED) is 0.845. The molecule has 1 aromatic carbocycles. The third-order valence-electron chi connectivity index (χ3n) is 3.12. The highest BCUT2D eigenvalue weighted by molar-refractivity contribution is 9.10. The summed E-state index contributed by atoms with van der Waals surface area (Å²) in [5, 5.41) is 3.25. The van der Waals surface area contributed by atoms with Crippen LogP contribution in [-0.2, 0) is 10.0 Å². The van der Waals surface area contributed by atoms with Gasteiger partial charge in [0.05, 0.1) is 16.5 Å². The highest BCUT2D eigenvalue weighted by atomic mass is 79.9. The maximum atomic E-state index is 12.1. The van der Waals surface area contributed by atoms with Gasteiger partial charge in [-0.1, -0.05) is 0 Å². The summed E-state index contributed by atoms with van der Waals surface area (Å²) >= 11 is 3.29. The molecule has 2 N–H and O–H groups in total. The van der Waals surface area contributed by atoms with Crippen LogP contribution in [0.25, 0.3) is 0 Å². The minimum absolute atomic E-state index is 0.233. The van der Waals surface area contributed by atoms with E-state index in [1.807, 2.05) is 0 Å². The first-order chi connectivity index (χ1) is 9.03. The molecule has 5 nitrogen and oxygen atoms in total. The number of nitrogens with one attached hydrogen (secondary N) is 2. The molecular formula is C12H17BrN2O3S. The molecule has 1 fully saturated rings. The fourth-order valence-corrected chi connectivity index (χ4v) is 3.84. The van der Waals surface area contributed by atoms with Gasteiger partial charge in [0, 0.05) is 12.6 Å². The van der Waals surface area contributed by atoms with Crippen molar-refractivity contribution in [2.75, 3.05) is 20.2 Å². The topological polar surface area (TPSA) is 67.4 Å². The number of methoxy groups -OCH3 is 1. The summed E-state index contributed by atoms with van der Waals surface area (Å²) < 4.78 is 32.6. The highest BCUT2D eigenvalue weighted by Gasteiger charge is 2.20. The summed E-state index contributed by atoms with van der Waals surface area (Å²) in [6, 6.07) is 4.94. The molecule has 0 aliphatic carbocycles. The molecule has 106 valence electrons. The van der Waals surface area contributed by atoms with Crippen molar-refractivity contribution in [2.45, 2.75) is 23.8 Å². The van der Waals surface area contributed by atoms with Gasteiger partial charge >= 0.3 is 0 Å². The first-order valence-electron chi connectivity index (χ1n) is 6.09. The molecule has 1 saturated heterocycles. The predicted molar refractivity (Wildman–Crippen MR) is 76.9 cm³/mol. The summed E-state index contributed by atoms with van der Waals surface area (Å²) in [5.41, 5.74) is 0. The Morgan fingerprint density at radius 3 is 2.89 bits per heavy atom. The van der Waals surface area contributed by atoms with Gasteiger partial charge in [-0.25, -0.2) is 13.1 Å². The predicted octanol–water partition coefficient (Wildman–Crippen LogP) is 1.49. The van der Waals surface area contributed by atoms with Crippen LogP contribution in [0.2, 0.25) is 0 Å². The number of rotatable bonds is 5. The van der Waals surface area contributed by atoms with E-state index in [2.05, 4.69) is 26.0 Å². The van der Waals surface area contributed by atoms with Crippen molar-refractivity contribution in [1.29, 1.82) is 0 Å². The molecule has 19 heavy (non-hydrogen) atoms. The van der Waals surface area contributed by atoms with E-state index >= 15 is 0 Å². The van der Waals surface area contributed by atoms with Crippen molar-refractivity contribution in [1.82, 2.24) is 10.0 Å². The summed E-state index contributed by atoms with van der Waals surface area (Å²) in [6.07, 6.45) is 2.11. The largest absolute Gasteiger partial charge is 0.496 e. The maximum Gasteiger partial charge on any atom is 0.240 e. The Balaban J connectivity index is 2.08. The lowest BCUT2D eigenvalue weighted by molar-refractivity contribution is 0.411. The number of hydrogen-bond acceptors (Lipinski definition) is 4. The smallest absolute Gasteiger partial charge is 0.240 e. The van der Waals surface area contributed by atoms with Crippen LogP contribution in [0.1, 0.15) is 12.8 Å². The van der Waals surface area contributed by atoms with Crippen LogP contribution in [0.4, 0.5) is 0 Å². The zero-order valence-electron chi connectivity index (χ0n) is 10.6. The van der Waals surface area contributed by atoms with Crippen molar-refractivity contribution in [3.05, 3.63) is 22.7 Å². The lowest BCUT2D eigenvalue weighted by Crippen LogP contribution is -2.37. The molecule has 0 spiro atoms. The summed E-state index contributed by atoms with van der Waals surface area (Å²) in [4.78, 5) is 0.234. The number of hydrogen-bond donors (Lipinski definition) is 2. The zero-order chi connectivity index (χ0) is 13.9. The molecule has 1 heterocycles. The van der Waals surface area contributed by atoms with Crippen LogP contribution >= 0.6 is 15.9 Å². The third kappa shape index (κ3) is 3.68. The molecule has 1 atom stereocenters. The standard InChI is InChI=1S/C12H17BrN2O3S/c1-18-12-5-4-10(7-11(12)13)19(16,17)15-8-9-3-2-6-14-9/h4-5,7,9,14-15H,2-3,6,8H2,1H3/t9-/m1/s1. The van der Waals surface area contributed by atoms with E-state index in [0.717, 1.165) is 19.4 Å². The molecule has 7 heteroatoms. The molecular weight excluding hydrogens is 332 g/mol. The van der Waals surface area contributed by atoms with Crippen LogP contribution in [0.3, 0.4) is 0 Å². The second-order valence-corrected chi connectivity index (χ2v) is 7.06. The highest BCUT2D eigenvalue weighted by Crippen LogP contribution is 2.27. The van der Waals surface area contributed by atoms with E-state index in [-0.39, 0.29) is 10.9 Å². The van der Waals surface area contributed by atoms with Crippen molar-refractivity contribution < 1.29 is 13.2 Å². The normalized spacial score (nSPS) is 19.6. The molecule has 0 amide bonds. The van der Waals surface area contributed by atoms with Gasteiger partial charge in [-0.3, -0.25) is 0 Å².